The molecule has 4 nitrogen and oxygen atoms in total. The van der Waals surface area contributed by atoms with Gasteiger partial charge in [0.1, 0.15) is 0 Å². The monoisotopic (exact) mass is 297 g/mol. The van der Waals surface area contributed by atoms with Crippen LogP contribution in [-0.4, -0.2) is 14.8 Å². The van der Waals surface area contributed by atoms with E-state index in [0.717, 1.165) is 37.0 Å². The largest absolute Gasteiger partial charge is 0.344 e. The number of nitrogens with zero attached hydrogens (tertiary/aromatic N) is 2. The molecule has 1 aromatic rings. The highest BCUT2D eigenvalue weighted by Gasteiger charge is 2.53. The molecule has 5 rings (SSSR count). The summed E-state index contributed by atoms with van der Waals surface area (Å²) in [4.78, 5) is 14.7. The van der Waals surface area contributed by atoms with Crippen LogP contribution in [0.1, 0.15) is 38.5 Å². The molecule has 0 atom stereocenters. The van der Waals surface area contributed by atoms with Gasteiger partial charge in [-0.3, -0.25) is 4.98 Å². The summed E-state index contributed by atoms with van der Waals surface area (Å²) in [5, 5.41) is 4.37. The Morgan fingerprint density at radius 1 is 1.18 bits per heavy atom. The molecule has 92 valence electrons. The van der Waals surface area contributed by atoms with Gasteiger partial charge < -0.3 is 0 Å². The molecule has 17 heavy (non-hydrogen) atoms. The standard InChI is InChI=1S/C12H16BrN3O/c13-10-14-11(17)16(15-10)12-4-7-1-8(5-12)3-9(2-7)6-12/h7-9H,1-6H2,(H,14,15,17). The van der Waals surface area contributed by atoms with E-state index in [9.17, 15) is 4.79 Å². The Balaban J connectivity index is 1.82. The third-order valence-electron chi connectivity index (χ3n) is 5.05. The van der Waals surface area contributed by atoms with E-state index in [0.29, 0.717) is 4.73 Å². The van der Waals surface area contributed by atoms with Crippen molar-refractivity contribution in [1.29, 1.82) is 0 Å². The first-order valence-corrected chi connectivity index (χ1v) is 7.29. The lowest BCUT2D eigenvalue weighted by molar-refractivity contribution is -0.0513. The maximum Gasteiger partial charge on any atom is 0.344 e. The predicted molar refractivity (Wildman–Crippen MR) is 66.7 cm³/mol. The second kappa shape index (κ2) is 3.25. The number of hydrogen-bond donors (Lipinski definition) is 1. The zero-order valence-electron chi connectivity index (χ0n) is 9.66. The first-order valence-electron chi connectivity index (χ1n) is 6.50. The van der Waals surface area contributed by atoms with Crippen molar-refractivity contribution in [2.45, 2.75) is 44.1 Å². The predicted octanol–water partition coefficient (Wildman–Crippen LogP) is 2.26. The molecule has 0 amide bonds. The maximum atomic E-state index is 12.0. The first kappa shape index (κ1) is 10.4. The smallest absolute Gasteiger partial charge is 0.283 e. The van der Waals surface area contributed by atoms with E-state index in [1.165, 1.54) is 19.3 Å². The van der Waals surface area contributed by atoms with Crippen molar-refractivity contribution in [3.63, 3.8) is 0 Å². The number of hydrogen-bond acceptors (Lipinski definition) is 2. The normalized spacial score (nSPS) is 43.2. The molecule has 1 aromatic heterocycles. The summed E-state index contributed by atoms with van der Waals surface area (Å²) < 4.78 is 2.32. The van der Waals surface area contributed by atoms with Crippen LogP contribution < -0.4 is 5.69 Å². The molecule has 4 bridgehead atoms. The highest BCUT2D eigenvalue weighted by molar-refractivity contribution is 9.10. The van der Waals surface area contributed by atoms with Crippen molar-refractivity contribution in [1.82, 2.24) is 14.8 Å². The fourth-order valence-electron chi connectivity index (χ4n) is 4.95. The lowest BCUT2D eigenvalue weighted by Gasteiger charge is -2.56. The summed E-state index contributed by atoms with van der Waals surface area (Å²) in [6.45, 7) is 0. The van der Waals surface area contributed by atoms with Gasteiger partial charge >= 0.3 is 5.69 Å². The highest BCUT2D eigenvalue weighted by atomic mass is 79.9. The van der Waals surface area contributed by atoms with E-state index in [1.54, 1.807) is 4.68 Å². The Bertz CT molecular complexity index is 483. The Hall–Kier alpha value is -0.580. The molecule has 0 aromatic carbocycles. The van der Waals surface area contributed by atoms with Crippen molar-refractivity contribution >= 4 is 15.9 Å². The van der Waals surface area contributed by atoms with Crippen molar-refractivity contribution in [3.8, 4) is 0 Å². The summed E-state index contributed by atoms with van der Waals surface area (Å²) in [7, 11) is 0. The van der Waals surface area contributed by atoms with Crippen molar-refractivity contribution < 1.29 is 0 Å². The minimum atomic E-state index is -0.0428. The molecule has 0 spiro atoms. The topological polar surface area (TPSA) is 50.7 Å². The molecule has 1 heterocycles. The molecule has 4 fully saturated rings. The van der Waals surface area contributed by atoms with Crippen LogP contribution in [0.15, 0.2) is 9.53 Å². The van der Waals surface area contributed by atoms with Crippen molar-refractivity contribution in [2.24, 2.45) is 17.8 Å². The Labute approximate surface area is 108 Å². The van der Waals surface area contributed by atoms with Gasteiger partial charge in [-0.05, 0) is 72.2 Å². The minimum absolute atomic E-state index is 0.0361. The first-order chi connectivity index (χ1) is 8.14. The zero-order chi connectivity index (χ0) is 11.6. The van der Waals surface area contributed by atoms with Gasteiger partial charge in [-0.2, -0.15) is 0 Å². The van der Waals surface area contributed by atoms with E-state index in [4.69, 9.17) is 0 Å². The van der Waals surface area contributed by atoms with Crippen molar-refractivity contribution in [3.05, 3.63) is 15.2 Å². The summed E-state index contributed by atoms with van der Waals surface area (Å²) in [6, 6.07) is 0. The molecule has 5 heteroatoms. The van der Waals surface area contributed by atoms with E-state index >= 15 is 0 Å². The van der Waals surface area contributed by atoms with Crippen LogP contribution in [0.25, 0.3) is 0 Å². The molecule has 4 saturated carbocycles. The SMILES string of the molecule is O=c1[nH]c(Br)nn1C12CC3CC(CC(C3)C1)C2. The second-order valence-electron chi connectivity index (χ2n) is 6.27. The molecule has 0 unspecified atom stereocenters. The van der Waals surface area contributed by atoms with E-state index in [-0.39, 0.29) is 11.2 Å². The van der Waals surface area contributed by atoms with Gasteiger partial charge in [0.05, 0.1) is 5.54 Å². The minimum Gasteiger partial charge on any atom is -0.283 e. The molecule has 1 N–H and O–H groups in total. The van der Waals surface area contributed by atoms with Crippen LogP contribution in [0, 0.1) is 17.8 Å². The summed E-state index contributed by atoms with van der Waals surface area (Å²) in [5.74, 6) is 2.51. The summed E-state index contributed by atoms with van der Waals surface area (Å²) >= 11 is 3.27. The van der Waals surface area contributed by atoms with E-state index in [1.807, 2.05) is 0 Å². The van der Waals surface area contributed by atoms with Crippen LogP contribution in [-0.2, 0) is 5.54 Å². The van der Waals surface area contributed by atoms with Gasteiger partial charge in [-0.1, -0.05) is 0 Å². The molecule has 0 saturated heterocycles. The third-order valence-corrected chi connectivity index (χ3v) is 5.40. The van der Waals surface area contributed by atoms with Crippen LogP contribution in [0.4, 0.5) is 0 Å². The van der Waals surface area contributed by atoms with Gasteiger partial charge in [0.15, 0.2) is 4.73 Å². The Kier molecular flexibility index (Phi) is 1.98. The van der Waals surface area contributed by atoms with Crippen LogP contribution in [0.2, 0.25) is 0 Å². The third kappa shape index (κ3) is 1.41. The zero-order valence-corrected chi connectivity index (χ0v) is 11.2. The molecular weight excluding hydrogens is 282 g/mol. The lowest BCUT2D eigenvalue weighted by Crippen LogP contribution is -2.54. The number of rotatable bonds is 1. The average Bonchev–Trinajstić information content (AvgIpc) is 2.56. The van der Waals surface area contributed by atoms with Gasteiger partial charge in [-0.25, -0.2) is 9.48 Å². The van der Waals surface area contributed by atoms with Crippen molar-refractivity contribution in [2.75, 3.05) is 0 Å². The van der Waals surface area contributed by atoms with Gasteiger partial charge in [0.25, 0.3) is 0 Å². The fourth-order valence-corrected chi connectivity index (χ4v) is 5.27. The highest BCUT2D eigenvalue weighted by Crippen LogP contribution is 2.58. The fraction of sp³-hybridized carbons (Fsp3) is 0.833. The summed E-state index contributed by atoms with van der Waals surface area (Å²) in [5.41, 5.74) is -0.00669. The van der Waals surface area contributed by atoms with Gasteiger partial charge in [0, 0.05) is 0 Å². The van der Waals surface area contributed by atoms with Crippen LogP contribution >= 0.6 is 15.9 Å². The second-order valence-corrected chi connectivity index (χ2v) is 7.03. The molecule has 4 aliphatic carbocycles. The number of nitrogens with one attached hydrogen (secondary N) is 1. The lowest BCUT2D eigenvalue weighted by atomic mass is 9.53. The molecular formula is C12H16BrN3O. The van der Waals surface area contributed by atoms with Gasteiger partial charge in [0.2, 0.25) is 0 Å². The average molecular weight is 298 g/mol. The van der Waals surface area contributed by atoms with Crippen LogP contribution in [0.5, 0.6) is 0 Å². The molecule has 0 aliphatic heterocycles. The van der Waals surface area contributed by atoms with Gasteiger partial charge in [-0.15, -0.1) is 5.10 Å². The van der Waals surface area contributed by atoms with Crippen LogP contribution in [0.3, 0.4) is 0 Å². The Morgan fingerprint density at radius 2 is 1.71 bits per heavy atom. The number of aromatic nitrogens is 3. The van der Waals surface area contributed by atoms with E-state index < -0.39 is 0 Å². The van der Waals surface area contributed by atoms with E-state index in [2.05, 4.69) is 26.0 Å². The summed E-state index contributed by atoms with van der Waals surface area (Å²) in [6.07, 6.45) is 7.65. The Morgan fingerprint density at radius 3 is 2.12 bits per heavy atom. The number of halogens is 1. The maximum absolute atomic E-state index is 12.0. The number of aromatic amines is 1. The molecule has 4 aliphatic rings. The number of H-pyrrole nitrogens is 1. The quantitative estimate of drug-likeness (QED) is 0.864. The molecule has 0 radical (unpaired) electrons.